The molecule has 1 heterocycles. The van der Waals surface area contributed by atoms with Gasteiger partial charge in [0.2, 0.25) is 0 Å². The van der Waals surface area contributed by atoms with E-state index in [9.17, 15) is 4.79 Å². The van der Waals surface area contributed by atoms with Crippen LogP contribution in [0.4, 0.5) is 0 Å². The largest absolute Gasteiger partial charge is 0.465 e. The summed E-state index contributed by atoms with van der Waals surface area (Å²) in [6, 6.07) is 8.24. The molecular weight excluding hydrogens is 382 g/mol. The number of esters is 1. The van der Waals surface area contributed by atoms with Gasteiger partial charge in [-0.25, -0.2) is 0 Å². The quantitative estimate of drug-likeness (QED) is 0.148. The second-order valence-electron chi connectivity index (χ2n) is 8.66. The predicted octanol–water partition coefficient (Wildman–Crippen LogP) is 8.29. The molecule has 0 aliphatic carbocycles. The first-order chi connectivity index (χ1) is 15.3. The van der Waals surface area contributed by atoms with Crippen molar-refractivity contribution in [1.29, 1.82) is 0 Å². The summed E-state index contributed by atoms with van der Waals surface area (Å²) in [5.74, 6) is -0.0579. The maximum Gasteiger partial charge on any atom is 0.305 e. The summed E-state index contributed by atoms with van der Waals surface area (Å²) in [5, 5.41) is 1.22. The van der Waals surface area contributed by atoms with Gasteiger partial charge < -0.3 is 9.72 Å². The molecule has 0 aliphatic heterocycles. The Morgan fingerprint density at radius 3 is 2.26 bits per heavy atom. The molecule has 0 unspecified atom stereocenters. The number of H-pyrrole nitrogens is 1. The summed E-state index contributed by atoms with van der Waals surface area (Å²) in [6.45, 7) is 2.73. The van der Waals surface area contributed by atoms with E-state index in [4.69, 9.17) is 4.74 Å². The maximum absolute atomic E-state index is 11.9. The number of hydrogen-bond donors (Lipinski definition) is 1. The predicted molar refractivity (Wildman–Crippen MR) is 132 cm³/mol. The van der Waals surface area contributed by atoms with Gasteiger partial charge in [-0.2, -0.15) is 0 Å². The summed E-state index contributed by atoms with van der Waals surface area (Å²) in [4.78, 5) is 15.2. The Morgan fingerprint density at radius 1 is 0.871 bits per heavy atom. The van der Waals surface area contributed by atoms with Crippen LogP contribution in [0.15, 0.2) is 42.6 Å². The maximum atomic E-state index is 11.9. The highest BCUT2D eigenvalue weighted by Gasteiger charge is 2.06. The van der Waals surface area contributed by atoms with E-state index >= 15 is 0 Å². The van der Waals surface area contributed by atoms with Gasteiger partial charge in [0, 0.05) is 29.9 Å². The topological polar surface area (TPSA) is 42.1 Å². The Kier molecular flexibility index (Phi) is 13.5. The first-order valence-electron chi connectivity index (χ1n) is 12.7. The van der Waals surface area contributed by atoms with Crippen LogP contribution in [0, 0.1) is 0 Å². The van der Waals surface area contributed by atoms with Crippen molar-refractivity contribution in [2.45, 2.75) is 103 Å². The van der Waals surface area contributed by atoms with Crippen LogP contribution in [0.2, 0.25) is 0 Å². The molecule has 0 radical (unpaired) electrons. The van der Waals surface area contributed by atoms with Gasteiger partial charge in [-0.05, 0) is 43.7 Å². The zero-order chi connectivity index (χ0) is 22.0. The number of ether oxygens (including phenoxy) is 1. The van der Waals surface area contributed by atoms with Crippen LogP contribution >= 0.6 is 0 Å². The lowest BCUT2D eigenvalue weighted by atomic mass is 10.1. The van der Waals surface area contributed by atoms with Crippen LogP contribution in [0.25, 0.3) is 10.9 Å². The molecule has 0 fully saturated rings. The van der Waals surface area contributed by atoms with Crippen molar-refractivity contribution in [2.24, 2.45) is 0 Å². The zero-order valence-electron chi connectivity index (χ0n) is 19.7. The molecule has 1 N–H and O–H groups in total. The number of hydrogen-bond acceptors (Lipinski definition) is 2. The lowest BCUT2D eigenvalue weighted by Crippen LogP contribution is -2.07. The second kappa shape index (κ2) is 16.6. The summed E-state index contributed by atoms with van der Waals surface area (Å²) in [6.07, 6.45) is 24.6. The van der Waals surface area contributed by atoms with E-state index in [1.807, 2.05) is 18.3 Å². The summed E-state index contributed by atoms with van der Waals surface area (Å²) >= 11 is 0. The van der Waals surface area contributed by atoms with Crippen molar-refractivity contribution < 1.29 is 9.53 Å². The number of aromatic amines is 1. The van der Waals surface area contributed by atoms with Gasteiger partial charge in [-0.15, -0.1) is 0 Å². The zero-order valence-corrected chi connectivity index (χ0v) is 19.7. The number of benzene rings is 1. The van der Waals surface area contributed by atoms with Crippen molar-refractivity contribution >= 4 is 16.9 Å². The van der Waals surface area contributed by atoms with Gasteiger partial charge in [0.15, 0.2) is 0 Å². The Bertz CT molecular complexity index is 746. The van der Waals surface area contributed by atoms with Crippen molar-refractivity contribution in [3.8, 4) is 0 Å². The van der Waals surface area contributed by atoms with Crippen LogP contribution in [-0.2, 0) is 16.0 Å². The first kappa shape index (κ1) is 25.2. The van der Waals surface area contributed by atoms with E-state index in [1.165, 1.54) is 81.6 Å². The molecule has 3 heteroatoms. The Labute approximate surface area is 189 Å². The molecule has 2 aromatic rings. The number of unbranched alkanes of at least 4 members (excludes halogenated alkanes) is 11. The first-order valence-corrected chi connectivity index (χ1v) is 12.7. The molecule has 0 saturated carbocycles. The van der Waals surface area contributed by atoms with Gasteiger partial charge in [-0.1, -0.05) is 88.6 Å². The summed E-state index contributed by atoms with van der Waals surface area (Å²) < 4.78 is 5.42. The molecule has 31 heavy (non-hydrogen) atoms. The van der Waals surface area contributed by atoms with Crippen LogP contribution in [0.3, 0.4) is 0 Å². The van der Waals surface area contributed by atoms with Gasteiger partial charge in [0.05, 0.1) is 6.61 Å². The van der Waals surface area contributed by atoms with Crippen molar-refractivity contribution in [1.82, 2.24) is 4.98 Å². The average Bonchev–Trinajstić information content (AvgIpc) is 3.19. The fourth-order valence-electron chi connectivity index (χ4n) is 4.03. The van der Waals surface area contributed by atoms with E-state index < -0.39 is 0 Å². The SMILES string of the molecule is CCCCCCCCC=CCCCCCCCC(=O)OCCc1c[nH]c2ccccc12. The minimum atomic E-state index is -0.0579. The third kappa shape index (κ3) is 11.2. The highest BCUT2D eigenvalue weighted by Crippen LogP contribution is 2.18. The molecular formula is C28H43NO2. The van der Waals surface area contributed by atoms with E-state index in [-0.39, 0.29) is 5.97 Å². The molecule has 0 aliphatic rings. The highest BCUT2D eigenvalue weighted by atomic mass is 16.5. The van der Waals surface area contributed by atoms with Crippen LogP contribution < -0.4 is 0 Å². The van der Waals surface area contributed by atoms with Crippen molar-refractivity contribution in [3.63, 3.8) is 0 Å². The number of rotatable bonds is 18. The highest BCUT2D eigenvalue weighted by molar-refractivity contribution is 5.83. The minimum absolute atomic E-state index is 0.0579. The second-order valence-corrected chi connectivity index (χ2v) is 8.66. The van der Waals surface area contributed by atoms with Crippen molar-refractivity contribution in [2.75, 3.05) is 6.61 Å². The lowest BCUT2D eigenvalue weighted by molar-refractivity contribution is -0.143. The van der Waals surface area contributed by atoms with Gasteiger partial charge in [0.25, 0.3) is 0 Å². The molecule has 3 nitrogen and oxygen atoms in total. The third-order valence-electron chi connectivity index (χ3n) is 5.95. The fraction of sp³-hybridized carbons (Fsp3) is 0.607. The number of para-hydroxylation sites is 1. The molecule has 0 bridgehead atoms. The minimum Gasteiger partial charge on any atom is -0.465 e. The monoisotopic (exact) mass is 425 g/mol. The smallest absolute Gasteiger partial charge is 0.305 e. The number of allylic oxidation sites excluding steroid dienone is 2. The molecule has 0 atom stereocenters. The Morgan fingerprint density at radius 2 is 1.52 bits per heavy atom. The Balaban J connectivity index is 1.37. The number of aromatic nitrogens is 1. The summed E-state index contributed by atoms with van der Waals surface area (Å²) in [5.41, 5.74) is 2.35. The average molecular weight is 426 g/mol. The Hall–Kier alpha value is -2.03. The van der Waals surface area contributed by atoms with Gasteiger partial charge in [0.1, 0.15) is 0 Å². The van der Waals surface area contributed by atoms with Crippen LogP contribution in [0.1, 0.15) is 102 Å². The normalized spacial score (nSPS) is 11.5. The van der Waals surface area contributed by atoms with Gasteiger partial charge in [-0.3, -0.25) is 4.79 Å². The van der Waals surface area contributed by atoms with E-state index in [0.29, 0.717) is 13.0 Å². The number of nitrogens with one attached hydrogen (secondary N) is 1. The number of carbonyl (C=O) groups excluding carboxylic acids is 1. The standard InChI is InChI=1S/C28H43NO2/c1-2-3-4-5-6-7-8-9-10-11-12-13-14-15-16-21-28(30)31-23-22-25-24-29-27-20-18-17-19-26(25)27/h9-10,17-20,24,29H,2-8,11-16,21-23H2,1H3. The lowest BCUT2D eigenvalue weighted by Gasteiger charge is -2.05. The summed E-state index contributed by atoms with van der Waals surface area (Å²) in [7, 11) is 0. The van der Waals surface area contributed by atoms with E-state index in [1.54, 1.807) is 0 Å². The number of fused-ring (bicyclic) bond motifs is 1. The number of carbonyl (C=O) groups is 1. The molecule has 1 aromatic carbocycles. The van der Waals surface area contributed by atoms with E-state index in [2.05, 4.69) is 36.2 Å². The van der Waals surface area contributed by atoms with Gasteiger partial charge >= 0.3 is 5.97 Å². The molecule has 2 rings (SSSR count). The fourth-order valence-corrected chi connectivity index (χ4v) is 4.03. The molecule has 172 valence electrons. The van der Waals surface area contributed by atoms with E-state index in [0.717, 1.165) is 24.8 Å². The third-order valence-corrected chi connectivity index (χ3v) is 5.95. The molecule has 0 saturated heterocycles. The van der Waals surface area contributed by atoms with Crippen molar-refractivity contribution in [3.05, 3.63) is 48.2 Å². The molecule has 0 spiro atoms. The molecule has 0 amide bonds. The van der Waals surface area contributed by atoms with Crippen LogP contribution in [0.5, 0.6) is 0 Å². The van der Waals surface area contributed by atoms with Crippen LogP contribution in [-0.4, -0.2) is 17.6 Å². The molecule has 1 aromatic heterocycles.